The molecule has 2 aromatic heterocycles. The molecule has 1 amide bonds. The number of benzene rings is 1. The van der Waals surface area contributed by atoms with Gasteiger partial charge in [-0.3, -0.25) is 9.38 Å². The molecule has 2 heterocycles. The Hall–Kier alpha value is -2.97. The SMILES string of the molecule is O=C(NCC(O)C(O)c1cnc2cnccn12)OCc1ccccc1. The van der Waals surface area contributed by atoms with Gasteiger partial charge in [-0.15, -0.1) is 0 Å². The Balaban J connectivity index is 1.51. The molecule has 0 bridgehead atoms. The maximum atomic E-state index is 11.7. The van der Waals surface area contributed by atoms with E-state index in [0.29, 0.717) is 11.3 Å². The maximum Gasteiger partial charge on any atom is 0.407 e. The first-order valence-corrected chi connectivity index (χ1v) is 7.73. The number of carbonyl (C=O) groups is 1. The number of rotatable bonds is 6. The van der Waals surface area contributed by atoms with Gasteiger partial charge in [-0.1, -0.05) is 30.3 Å². The van der Waals surface area contributed by atoms with Gasteiger partial charge in [-0.2, -0.15) is 0 Å². The third-order valence-corrected chi connectivity index (χ3v) is 3.68. The number of amides is 1. The number of fused-ring (bicyclic) bond motifs is 1. The topological polar surface area (TPSA) is 109 Å². The molecule has 1 aromatic carbocycles. The molecule has 8 nitrogen and oxygen atoms in total. The summed E-state index contributed by atoms with van der Waals surface area (Å²) in [6, 6.07) is 9.25. The van der Waals surface area contributed by atoms with Gasteiger partial charge in [-0.05, 0) is 5.56 Å². The number of imidazole rings is 1. The summed E-state index contributed by atoms with van der Waals surface area (Å²) in [7, 11) is 0. The number of alkyl carbamates (subject to hydrolysis) is 1. The lowest BCUT2D eigenvalue weighted by molar-refractivity contribution is 0.0154. The highest BCUT2D eigenvalue weighted by molar-refractivity contribution is 5.67. The van der Waals surface area contributed by atoms with Crippen molar-refractivity contribution < 1.29 is 19.7 Å². The van der Waals surface area contributed by atoms with Crippen molar-refractivity contribution in [2.75, 3.05) is 6.54 Å². The van der Waals surface area contributed by atoms with Crippen molar-refractivity contribution in [2.24, 2.45) is 0 Å². The van der Waals surface area contributed by atoms with Crippen LogP contribution < -0.4 is 5.32 Å². The predicted octanol–water partition coefficient (Wildman–Crippen LogP) is 1.05. The first-order valence-electron chi connectivity index (χ1n) is 7.73. The van der Waals surface area contributed by atoms with E-state index in [1.165, 1.54) is 6.20 Å². The third kappa shape index (κ3) is 4.11. The van der Waals surface area contributed by atoms with Gasteiger partial charge in [0, 0.05) is 18.9 Å². The molecule has 2 unspecified atom stereocenters. The Morgan fingerprint density at radius 1 is 1.24 bits per heavy atom. The Morgan fingerprint density at radius 2 is 2.04 bits per heavy atom. The summed E-state index contributed by atoms with van der Waals surface area (Å²) in [5, 5.41) is 22.8. The third-order valence-electron chi connectivity index (χ3n) is 3.68. The molecule has 0 aliphatic heterocycles. The van der Waals surface area contributed by atoms with Crippen LogP contribution in [-0.2, 0) is 11.3 Å². The molecule has 0 spiro atoms. The van der Waals surface area contributed by atoms with Crippen LogP contribution in [0, 0.1) is 0 Å². The molecule has 0 saturated carbocycles. The van der Waals surface area contributed by atoms with Gasteiger partial charge >= 0.3 is 6.09 Å². The molecule has 0 saturated heterocycles. The van der Waals surface area contributed by atoms with Crippen LogP contribution in [0.5, 0.6) is 0 Å². The number of hydrogen-bond acceptors (Lipinski definition) is 6. The normalized spacial score (nSPS) is 13.4. The van der Waals surface area contributed by atoms with Crippen LogP contribution in [0.4, 0.5) is 4.79 Å². The van der Waals surface area contributed by atoms with Crippen molar-refractivity contribution in [3.63, 3.8) is 0 Å². The van der Waals surface area contributed by atoms with Crippen molar-refractivity contribution >= 4 is 11.7 Å². The van der Waals surface area contributed by atoms with Crippen LogP contribution in [0.15, 0.2) is 55.1 Å². The van der Waals surface area contributed by atoms with Crippen LogP contribution >= 0.6 is 0 Å². The largest absolute Gasteiger partial charge is 0.445 e. The van der Waals surface area contributed by atoms with Crippen LogP contribution in [0.1, 0.15) is 17.4 Å². The Labute approximate surface area is 143 Å². The van der Waals surface area contributed by atoms with E-state index in [4.69, 9.17) is 4.74 Å². The lowest BCUT2D eigenvalue weighted by Gasteiger charge is -2.18. The van der Waals surface area contributed by atoms with Gasteiger partial charge < -0.3 is 20.3 Å². The van der Waals surface area contributed by atoms with Crippen LogP contribution in [0.3, 0.4) is 0 Å². The fourth-order valence-electron chi connectivity index (χ4n) is 2.35. The van der Waals surface area contributed by atoms with Crippen molar-refractivity contribution in [1.29, 1.82) is 0 Å². The second-order valence-electron chi connectivity index (χ2n) is 5.44. The molecule has 0 radical (unpaired) electrons. The van der Waals surface area contributed by atoms with E-state index in [-0.39, 0.29) is 13.2 Å². The van der Waals surface area contributed by atoms with Gasteiger partial charge in [0.05, 0.1) is 18.1 Å². The molecule has 130 valence electrons. The second-order valence-corrected chi connectivity index (χ2v) is 5.44. The monoisotopic (exact) mass is 342 g/mol. The highest BCUT2D eigenvalue weighted by atomic mass is 16.5. The average molecular weight is 342 g/mol. The zero-order valence-corrected chi connectivity index (χ0v) is 13.3. The van der Waals surface area contributed by atoms with Crippen molar-refractivity contribution in [2.45, 2.75) is 18.8 Å². The van der Waals surface area contributed by atoms with E-state index in [0.717, 1.165) is 5.56 Å². The number of carbonyl (C=O) groups excluding carboxylic acids is 1. The molecule has 8 heteroatoms. The molecule has 3 aromatic rings. The van der Waals surface area contributed by atoms with Crippen molar-refractivity contribution in [3.05, 3.63) is 66.4 Å². The Bertz CT molecular complexity index is 837. The Morgan fingerprint density at radius 3 is 2.84 bits per heavy atom. The number of aromatic nitrogens is 3. The van der Waals surface area contributed by atoms with E-state index in [1.54, 1.807) is 23.0 Å². The summed E-state index contributed by atoms with van der Waals surface area (Å²) >= 11 is 0. The highest BCUT2D eigenvalue weighted by Crippen LogP contribution is 2.17. The van der Waals surface area contributed by atoms with Crippen molar-refractivity contribution in [1.82, 2.24) is 19.7 Å². The van der Waals surface area contributed by atoms with Gasteiger partial charge in [0.1, 0.15) is 18.8 Å². The first-order chi connectivity index (χ1) is 12.1. The van der Waals surface area contributed by atoms with E-state index in [1.807, 2.05) is 30.3 Å². The number of aliphatic hydroxyl groups excluding tert-OH is 2. The lowest BCUT2D eigenvalue weighted by Crippen LogP contribution is -2.36. The standard InChI is InChI=1S/C17H18N4O4/c22-14(9-20-17(24)25-11-12-4-2-1-3-5-12)16(23)13-8-19-15-10-18-6-7-21(13)15/h1-8,10,14,16,22-23H,9,11H2,(H,20,24). The smallest absolute Gasteiger partial charge is 0.407 e. The second kappa shape index (κ2) is 7.73. The summed E-state index contributed by atoms with van der Waals surface area (Å²) in [5.41, 5.74) is 1.82. The number of nitrogens with one attached hydrogen (secondary N) is 1. The van der Waals surface area contributed by atoms with Gasteiger partial charge in [0.25, 0.3) is 0 Å². The zero-order valence-electron chi connectivity index (χ0n) is 13.3. The molecule has 0 aliphatic rings. The number of ether oxygens (including phenoxy) is 1. The summed E-state index contributed by atoms with van der Waals surface area (Å²) in [6.07, 6.45) is 3.09. The summed E-state index contributed by atoms with van der Waals surface area (Å²) < 4.78 is 6.67. The van der Waals surface area contributed by atoms with E-state index in [2.05, 4.69) is 15.3 Å². The fourth-order valence-corrected chi connectivity index (χ4v) is 2.35. The van der Waals surface area contributed by atoms with Crippen LogP contribution in [0.25, 0.3) is 5.65 Å². The minimum Gasteiger partial charge on any atom is -0.445 e. The predicted molar refractivity (Wildman–Crippen MR) is 88.6 cm³/mol. The maximum absolute atomic E-state index is 11.7. The van der Waals surface area contributed by atoms with E-state index < -0.39 is 18.3 Å². The molecule has 2 atom stereocenters. The molecule has 3 rings (SSSR count). The number of aliphatic hydroxyl groups is 2. The van der Waals surface area contributed by atoms with Crippen molar-refractivity contribution in [3.8, 4) is 0 Å². The van der Waals surface area contributed by atoms with E-state index in [9.17, 15) is 15.0 Å². The average Bonchev–Trinajstić information content (AvgIpc) is 3.08. The van der Waals surface area contributed by atoms with Crippen LogP contribution in [0.2, 0.25) is 0 Å². The minimum atomic E-state index is -1.22. The zero-order chi connectivity index (χ0) is 17.6. The molecule has 0 fully saturated rings. The van der Waals surface area contributed by atoms with Gasteiger partial charge in [-0.25, -0.2) is 9.78 Å². The van der Waals surface area contributed by atoms with Crippen LogP contribution in [-0.4, -0.2) is 43.3 Å². The Kier molecular flexibility index (Phi) is 5.22. The summed E-state index contributed by atoms with van der Waals surface area (Å²) in [6.45, 7) is -0.0291. The highest BCUT2D eigenvalue weighted by Gasteiger charge is 2.22. The lowest BCUT2D eigenvalue weighted by atomic mass is 10.1. The molecular formula is C17H18N4O4. The molecule has 25 heavy (non-hydrogen) atoms. The van der Waals surface area contributed by atoms with E-state index >= 15 is 0 Å². The number of nitrogens with zero attached hydrogens (tertiary/aromatic N) is 3. The van der Waals surface area contributed by atoms with Gasteiger partial charge in [0.2, 0.25) is 0 Å². The number of hydrogen-bond donors (Lipinski definition) is 3. The summed E-state index contributed by atoms with van der Waals surface area (Å²) in [5.74, 6) is 0. The van der Waals surface area contributed by atoms with Gasteiger partial charge in [0.15, 0.2) is 5.65 Å². The fraction of sp³-hybridized carbons (Fsp3) is 0.235. The minimum absolute atomic E-state index is 0.131. The first kappa shape index (κ1) is 16.9. The summed E-state index contributed by atoms with van der Waals surface area (Å²) in [4.78, 5) is 19.7. The molecular weight excluding hydrogens is 324 g/mol. The molecule has 3 N–H and O–H groups in total. The quantitative estimate of drug-likeness (QED) is 0.618. The molecule has 0 aliphatic carbocycles.